The van der Waals surface area contributed by atoms with E-state index in [0.29, 0.717) is 23.5 Å². The number of ether oxygens (including phenoxy) is 1. The molecule has 1 atom stereocenters. The maximum atomic E-state index is 11.4. The van der Waals surface area contributed by atoms with E-state index >= 15 is 0 Å². The van der Waals surface area contributed by atoms with Crippen LogP contribution >= 0.6 is 0 Å². The van der Waals surface area contributed by atoms with Crippen molar-refractivity contribution in [1.82, 2.24) is 5.32 Å². The maximum Gasteiger partial charge on any atom is 0.272 e. The van der Waals surface area contributed by atoms with Crippen LogP contribution in [-0.2, 0) is 11.3 Å². The van der Waals surface area contributed by atoms with Crippen LogP contribution in [0, 0.1) is 17.0 Å². The molecule has 2 N–H and O–H groups in total. The second kappa shape index (κ2) is 6.90. The van der Waals surface area contributed by atoms with Crippen LogP contribution < -0.4 is 15.4 Å². The number of carbonyl (C=O) groups excluding carboxylic acids is 1. The van der Waals surface area contributed by atoms with Crippen molar-refractivity contribution in [2.45, 2.75) is 26.4 Å². The number of nitro groups is 1. The summed E-state index contributed by atoms with van der Waals surface area (Å²) in [7, 11) is 0. The van der Waals surface area contributed by atoms with Gasteiger partial charge in [0.1, 0.15) is 5.75 Å². The number of amides is 1. The number of anilines is 1. The summed E-state index contributed by atoms with van der Waals surface area (Å²) in [6.07, 6.45) is 0. The third-order valence-electron chi connectivity index (χ3n) is 4.35. The molecular formula is C18H19N3O4. The first-order valence-corrected chi connectivity index (χ1v) is 7.98. The minimum Gasteiger partial charge on any atom is -0.482 e. The summed E-state index contributed by atoms with van der Waals surface area (Å²) in [6.45, 7) is 4.30. The lowest BCUT2D eigenvalue weighted by Gasteiger charge is -2.21. The average molecular weight is 341 g/mol. The Kier molecular flexibility index (Phi) is 4.67. The van der Waals surface area contributed by atoms with Gasteiger partial charge in [0.2, 0.25) is 0 Å². The Bertz CT molecular complexity index is 835. The van der Waals surface area contributed by atoms with Gasteiger partial charge in [-0.1, -0.05) is 18.2 Å². The van der Waals surface area contributed by atoms with Crippen LogP contribution in [0.3, 0.4) is 0 Å². The van der Waals surface area contributed by atoms with Gasteiger partial charge < -0.3 is 15.4 Å². The quantitative estimate of drug-likeness (QED) is 0.644. The van der Waals surface area contributed by atoms with Gasteiger partial charge in [-0.05, 0) is 37.1 Å². The minimum absolute atomic E-state index is 0.00258. The van der Waals surface area contributed by atoms with E-state index in [4.69, 9.17) is 4.74 Å². The molecular weight excluding hydrogens is 322 g/mol. The Balaban J connectivity index is 1.72. The monoisotopic (exact) mass is 341 g/mol. The number of benzene rings is 2. The Morgan fingerprint density at radius 1 is 1.36 bits per heavy atom. The maximum absolute atomic E-state index is 11.4. The minimum atomic E-state index is -0.367. The van der Waals surface area contributed by atoms with E-state index in [0.717, 1.165) is 11.1 Å². The van der Waals surface area contributed by atoms with E-state index in [9.17, 15) is 14.9 Å². The fraction of sp³-hybridized carbons (Fsp3) is 0.278. The highest BCUT2D eigenvalue weighted by atomic mass is 16.6. The Hall–Kier alpha value is -2.93. The molecule has 1 heterocycles. The van der Waals surface area contributed by atoms with E-state index in [1.807, 2.05) is 31.2 Å². The van der Waals surface area contributed by atoms with E-state index in [1.54, 1.807) is 13.0 Å². The predicted octanol–water partition coefficient (Wildman–Crippen LogP) is 3.08. The van der Waals surface area contributed by atoms with E-state index in [2.05, 4.69) is 10.6 Å². The lowest BCUT2D eigenvalue weighted by atomic mass is 10.0. The van der Waals surface area contributed by atoms with Crippen molar-refractivity contribution in [3.8, 4) is 5.75 Å². The molecule has 1 aliphatic rings. The summed E-state index contributed by atoms with van der Waals surface area (Å²) >= 11 is 0. The topological polar surface area (TPSA) is 93.5 Å². The summed E-state index contributed by atoms with van der Waals surface area (Å²) in [6, 6.07) is 10.7. The van der Waals surface area contributed by atoms with E-state index in [-0.39, 0.29) is 29.2 Å². The highest BCUT2D eigenvalue weighted by Crippen LogP contribution is 2.30. The Morgan fingerprint density at radius 2 is 2.16 bits per heavy atom. The molecule has 7 nitrogen and oxygen atoms in total. The molecule has 0 saturated heterocycles. The highest BCUT2D eigenvalue weighted by Gasteiger charge is 2.18. The summed E-state index contributed by atoms with van der Waals surface area (Å²) in [4.78, 5) is 22.1. The lowest BCUT2D eigenvalue weighted by molar-refractivity contribution is -0.385. The van der Waals surface area contributed by atoms with Gasteiger partial charge in [-0.2, -0.15) is 0 Å². The zero-order valence-corrected chi connectivity index (χ0v) is 14.0. The third kappa shape index (κ3) is 3.61. The predicted molar refractivity (Wildman–Crippen MR) is 93.7 cm³/mol. The van der Waals surface area contributed by atoms with Gasteiger partial charge in [0.25, 0.3) is 11.6 Å². The molecule has 25 heavy (non-hydrogen) atoms. The molecule has 130 valence electrons. The second-order valence-corrected chi connectivity index (χ2v) is 6.01. The smallest absolute Gasteiger partial charge is 0.272 e. The van der Waals surface area contributed by atoms with Gasteiger partial charge in [0, 0.05) is 24.2 Å². The zero-order chi connectivity index (χ0) is 18.0. The number of nitrogens with zero attached hydrogens (tertiary/aromatic N) is 1. The number of carbonyl (C=O) groups is 1. The standard InChI is InChI=1S/C18H19N3O4/c1-11-14(4-3-5-16(11)21(23)24)9-19-12(2)13-6-7-17-15(8-13)20-18(22)10-25-17/h3-8,12,19H,9-10H2,1-2H3,(H,20,22)/t12-/m0/s1. The molecule has 2 aromatic rings. The van der Waals surface area contributed by atoms with Crippen molar-refractivity contribution in [2.75, 3.05) is 11.9 Å². The number of nitrogens with one attached hydrogen (secondary N) is 2. The van der Waals surface area contributed by atoms with Crippen LogP contribution in [0.1, 0.15) is 29.7 Å². The third-order valence-corrected chi connectivity index (χ3v) is 4.35. The average Bonchev–Trinajstić information content (AvgIpc) is 2.59. The molecule has 0 aliphatic carbocycles. The number of fused-ring (bicyclic) bond motifs is 1. The van der Waals surface area contributed by atoms with Crippen molar-refractivity contribution in [3.63, 3.8) is 0 Å². The molecule has 0 bridgehead atoms. The van der Waals surface area contributed by atoms with Crippen molar-refractivity contribution in [2.24, 2.45) is 0 Å². The molecule has 1 amide bonds. The van der Waals surface area contributed by atoms with E-state index in [1.165, 1.54) is 6.07 Å². The summed E-state index contributed by atoms with van der Waals surface area (Å²) < 4.78 is 5.35. The van der Waals surface area contributed by atoms with Crippen LogP contribution in [-0.4, -0.2) is 17.4 Å². The van der Waals surface area contributed by atoms with Gasteiger partial charge in [0.05, 0.1) is 10.6 Å². The van der Waals surface area contributed by atoms with Crippen LogP contribution in [0.2, 0.25) is 0 Å². The summed E-state index contributed by atoms with van der Waals surface area (Å²) in [5.74, 6) is 0.488. The summed E-state index contributed by atoms with van der Waals surface area (Å²) in [5, 5.41) is 17.2. The molecule has 1 aliphatic heterocycles. The van der Waals surface area contributed by atoms with Crippen LogP contribution in [0.25, 0.3) is 0 Å². The van der Waals surface area contributed by atoms with Crippen molar-refractivity contribution >= 4 is 17.3 Å². The first kappa shape index (κ1) is 16.9. The first-order chi connectivity index (χ1) is 12.0. The largest absolute Gasteiger partial charge is 0.482 e. The van der Waals surface area contributed by atoms with Crippen molar-refractivity contribution in [1.29, 1.82) is 0 Å². The Morgan fingerprint density at radius 3 is 2.92 bits per heavy atom. The Labute approximate surface area is 145 Å². The second-order valence-electron chi connectivity index (χ2n) is 6.01. The van der Waals surface area contributed by atoms with Crippen LogP contribution in [0.5, 0.6) is 5.75 Å². The normalized spacial score (nSPS) is 14.2. The van der Waals surface area contributed by atoms with Gasteiger partial charge in [0.15, 0.2) is 6.61 Å². The molecule has 2 aromatic carbocycles. The fourth-order valence-corrected chi connectivity index (χ4v) is 2.81. The molecule has 0 unspecified atom stereocenters. The lowest BCUT2D eigenvalue weighted by Crippen LogP contribution is -2.26. The SMILES string of the molecule is Cc1c(CN[C@@H](C)c2ccc3c(c2)NC(=O)CO3)cccc1[N+](=O)[O-]. The molecule has 0 aromatic heterocycles. The molecule has 7 heteroatoms. The number of hydrogen-bond acceptors (Lipinski definition) is 5. The molecule has 3 rings (SSSR count). The molecule has 0 saturated carbocycles. The van der Waals surface area contributed by atoms with Gasteiger partial charge >= 0.3 is 0 Å². The van der Waals surface area contributed by atoms with E-state index < -0.39 is 0 Å². The zero-order valence-electron chi connectivity index (χ0n) is 14.0. The van der Waals surface area contributed by atoms with Gasteiger partial charge in [-0.25, -0.2) is 0 Å². The first-order valence-electron chi connectivity index (χ1n) is 7.98. The number of hydrogen-bond donors (Lipinski definition) is 2. The van der Waals surface area contributed by atoms with Crippen molar-refractivity contribution in [3.05, 3.63) is 63.2 Å². The summed E-state index contributed by atoms with van der Waals surface area (Å²) in [5.41, 5.74) is 3.33. The molecule has 0 radical (unpaired) electrons. The van der Waals surface area contributed by atoms with Crippen LogP contribution in [0.4, 0.5) is 11.4 Å². The molecule has 0 spiro atoms. The van der Waals surface area contributed by atoms with Crippen molar-refractivity contribution < 1.29 is 14.5 Å². The molecule has 0 fully saturated rings. The van der Waals surface area contributed by atoms with Crippen LogP contribution in [0.15, 0.2) is 36.4 Å². The highest BCUT2D eigenvalue weighted by molar-refractivity contribution is 5.95. The fourth-order valence-electron chi connectivity index (χ4n) is 2.81. The van der Waals surface area contributed by atoms with Gasteiger partial charge in [-0.15, -0.1) is 0 Å². The number of rotatable bonds is 5. The number of nitro benzene ring substituents is 1. The van der Waals surface area contributed by atoms with Gasteiger partial charge in [-0.3, -0.25) is 14.9 Å².